The van der Waals surface area contributed by atoms with Gasteiger partial charge in [0.1, 0.15) is 0 Å². The van der Waals surface area contributed by atoms with Crippen LogP contribution in [-0.2, 0) is 0 Å². The Balaban J connectivity index is 1.77. The summed E-state index contributed by atoms with van der Waals surface area (Å²) in [5.41, 5.74) is 0.367. The summed E-state index contributed by atoms with van der Waals surface area (Å²) in [4.78, 5) is 5.03. The number of likely N-dealkylation sites (N-methyl/N-ethyl adjacent to an activating group) is 2. The van der Waals surface area contributed by atoms with Gasteiger partial charge in [-0.2, -0.15) is 0 Å². The molecule has 0 aromatic rings. The molecule has 2 fully saturated rings. The molecule has 0 aliphatic carbocycles. The van der Waals surface area contributed by atoms with Crippen molar-refractivity contribution in [3.05, 3.63) is 0 Å². The summed E-state index contributed by atoms with van der Waals surface area (Å²) in [6.07, 6.45) is 5.43. The molecule has 3 nitrogen and oxygen atoms in total. The first kappa shape index (κ1) is 12.3. The third kappa shape index (κ3) is 2.96. The van der Waals surface area contributed by atoms with Gasteiger partial charge in [-0.1, -0.05) is 0 Å². The van der Waals surface area contributed by atoms with Gasteiger partial charge in [-0.15, -0.1) is 0 Å². The minimum absolute atomic E-state index is 0.367. The Morgan fingerprint density at radius 1 is 1.44 bits per heavy atom. The highest BCUT2D eigenvalue weighted by Gasteiger charge is 2.30. The molecular formula is C13H27N3. The molecule has 0 saturated carbocycles. The van der Waals surface area contributed by atoms with E-state index in [4.69, 9.17) is 0 Å². The van der Waals surface area contributed by atoms with Crippen molar-refractivity contribution < 1.29 is 0 Å². The van der Waals surface area contributed by atoms with Crippen LogP contribution in [0.5, 0.6) is 0 Å². The molecule has 0 radical (unpaired) electrons. The predicted molar refractivity (Wildman–Crippen MR) is 68.8 cm³/mol. The Morgan fingerprint density at radius 2 is 2.25 bits per heavy atom. The van der Waals surface area contributed by atoms with E-state index in [0.29, 0.717) is 5.54 Å². The van der Waals surface area contributed by atoms with Crippen molar-refractivity contribution in [1.29, 1.82) is 0 Å². The van der Waals surface area contributed by atoms with Crippen LogP contribution in [-0.4, -0.2) is 61.7 Å². The predicted octanol–water partition coefficient (Wildman–Crippen LogP) is 1.15. The number of likely N-dealkylation sites (tertiary alicyclic amines) is 1. The standard InChI is InChI=1S/C13H27N3/c1-13(7-5-8-14-13)11-15(2)10-12-6-4-9-16(12)3/h12,14H,4-11H2,1-3H3. The van der Waals surface area contributed by atoms with Crippen LogP contribution in [0.3, 0.4) is 0 Å². The van der Waals surface area contributed by atoms with Crippen LogP contribution in [0.1, 0.15) is 32.6 Å². The van der Waals surface area contributed by atoms with Crippen molar-refractivity contribution in [3.8, 4) is 0 Å². The van der Waals surface area contributed by atoms with Crippen molar-refractivity contribution in [1.82, 2.24) is 15.1 Å². The number of nitrogens with zero attached hydrogens (tertiary/aromatic N) is 2. The zero-order valence-electron chi connectivity index (χ0n) is 11.1. The van der Waals surface area contributed by atoms with Crippen LogP contribution in [0, 0.1) is 0 Å². The van der Waals surface area contributed by atoms with Gasteiger partial charge in [-0.3, -0.25) is 0 Å². The fourth-order valence-corrected chi connectivity index (χ4v) is 3.32. The zero-order chi connectivity index (χ0) is 11.6. The van der Waals surface area contributed by atoms with Gasteiger partial charge in [0.15, 0.2) is 0 Å². The smallest absolute Gasteiger partial charge is 0.0280 e. The van der Waals surface area contributed by atoms with Gasteiger partial charge in [-0.25, -0.2) is 0 Å². The largest absolute Gasteiger partial charge is 0.310 e. The fourth-order valence-electron chi connectivity index (χ4n) is 3.32. The summed E-state index contributed by atoms with van der Waals surface area (Å²) in [5, 5.41) is 3.64. The highest BCUT2D eigenvalue weighted by Crippen LogP contribution is 2.21. The minimum Gasteiger partial charge on any atom is -0.310 e. The van der Waals surface area contributed by atoms with E-state index in [2.05, 4.69) is 36.1 Å². The number of hydrogen-bond donors (Lipinski definition) is 1. The van der Waals surface area contributed by atoms with Crippen molar-refractivity contribution in [3.63, 3.8) is 0 Å². The van der Waals surface area contributed by atoms with E-state index in [0.717, 1.165) is 6.04 Å². The van der Waals surface area contributed by atoms with Gasteiger partial charge in [0.2, 0.25) is 0 Å². The number of rotatable bonds is 4. The van der Waals surface area contributed by atoms with Gasteiger partial charge < -0.3 is 15.1 Å². The molecule has 0 aromatic heterocycles. The molecule has 2 unspecified atom stereocenters. The first-order valence-corrected chi connectivity index (χ1v) is 6.73. The Kier molecular flexibility index (Phi) is 3.88. The van der Waals surface area contributed by atoms with Gasteiger partial charge >= 0.3 is 0 Å². The zero-order valence-corrected chi connectivity index (χ0v) is 11.1. The van der Waals surface area contributed by atoms with E-state index in [-0.39, 0.29) is 0 Å². The molecule has 94 valence electrons. The SMILES string of the molecule is CN(CC1CCCN1C)CC1(C)CCCN1. The molecule has 1 N–H and O–H groups in total. The Hall–Kier alpha value is -0.120. The van der Waals surface area contributed by atoms with E-state index >= 15 is 0 Å². The Morgan fingerprint density at radius 3 is 2.81 bits per heavy atom. The lowest BCUT2D eigenvalue weighted by Crippen LogP contribution is -2.48. The third-order valence-electron chi connectivity index (χ3n) is 4.27. The first-order valence-electron chi connectivity index (χ1n) is 6.73. The fraction of sp³-hybridized carbons (Fsp3) is 1.00. The molecule has 2 saturated heterocycles. The van der Waals surface area contributed by atoms with E-state index < -0.39 is 0 Å². The minimum atomic E-state index is 0.367. The molecule has 0 amide bonds. The van der Waals surface area contributed by atoms with Crippen molar-refractivity contribution in [2.24, 2.45) is 0 Å². The van der Waals surface area contributed by atoms with E-state index in [1.165, 1.54) is 51.9 Å². The van der Waals surface area contributed by atoms with E-state index in [1.807, 2.05) is 0 Å². The second-order valence-corrected chi connectivity index (χ2v) is 6.06. The molecule has 16 heavy (non-hydrogen) atoms. The average Bonchev–Trinajstić information content (AvgIpc) is 2.77. The lowest BCUT2D eigenvalue weighted by Gasteiger charge is -2.33. The second-order valence-electron chi connectivity index (χ2n) is 6.06. The lowest BCUT2D eigenvalue weighted by molar-refractivity contribution is 0.184. The summed E-state index contributed by atoms with van der Waals surface area (Å²) in [5.74, 6) is 0. The molecule has 0 aromatic carbocycles. The summed E-state index contributed by atoms with van der Waals surface area (Å²) in [7, 11) is 4.54. The molecular weight excluding hydrogens is 198 g/mol. The van der Waals surface area contributed by atoms with Gasteiger partial charge in [0.25, 0.3) is 0 Å². The van der Waals surface area contributed by atoms with Crippen LogP contribution in [0.25, 0.3) is 0 Å². The summed E-state index contributed by atoms with van der Waals surface area (Å²) >= 11 is 0. The third-order valence-corrected chi connectivity index (χ3v) is 4.27. The molecule has 0 spiro atoms. The topological polar surface area (TPSA) is 18.5 Å². The van der Waals surface area contributed by atoms with Crippen LogP contribution < -0.4 is 5.32 Å². The van der Waals surface area contributed by atoms with Gasteiger partial charge in [0, 0.05) is 24.7 Å². The van der Waals surface area contributed by atoms with Crippen LogP contribution in [0.2, 0.25) is 0 Å². The Bertz CT molecular complexity index is 223. The number of nitrogens with one attached hydrogen (secondary N) is 1. The van der Waals surface area contributed by atoms with Crippen molar-refractivity contribution >= 4 is 0 Å². The summed E-state index contributed by atoms with van der Waals surface area (Å²) in [6.45, 7) is 7.28. The van der Waals surface area contributed by atoms with Gasteiger partial charge in [-0.05, 0) is 59.8 Å². The Labute approximate surface area is 100 Å². The monoisotopic (exact) mass is 225 g/mol. The highest BCUT2D eigenvalue weighted by atomic mass is 15.2. The first-order chi connectivity index (χ1) is 7.59. The second kappa shape index (κ2) is 5.03. The molecule has 2 rings (SSSR count). The van der Waals surface area contributed by atoms with Crippen molar-refractivity contribution in [2.45, 2.75) is 44.2 Å². The van der Waals surface area contributed by atoms with E-state index in [9.17, 15) is 0 Å². The highest BCUT2D eigenvalue weighted by molar-refractivity contribution is 4.91. The number of hydrogen-bond acceptors (Lipinski definition) is 3. The average molecular weight is 225 g/mol. The maximum absolute atomic E-state index is 3.64. The van der Waals surface area contributed by atoms with Gasteiger partial charge in [0.05, 0.1) is 0 Å². The molecule has 2 heterocycles. The van der Waals surface area contributed by atoms with Crippen LogP contribution >= 0.6 is 0 Å². The van der Waals surface area contributed by atoms with Crippen molar-refractivity contribution in [2.75, 3.05) is 40.3 Å². The van der Waals surface area contributed by atoms with E-state index in [1.54, 1.807) is 0 Å². The summed E-state index contributed by atoms with van der Waals surface area (Å²) < 4.78 is 0. The normalized spacial score (nSPS) is 36.4. The van der Waals surface area contributed by atoms with Crippen LogP contribution in [0.15, 0.2) is 0 Å². The molecule has 2 atom stereocenters. The maximum atomic E-state index is 3.64. The maximum Gasteiger partial charge on any atom is 0.0280 e. The van der Waals surface area contributed by atoms with Crippen LogP contribution in [0.4, 0.5) is 0 Å². The quantitative estimate of drug-likeness (QED) is 0.774. The molecule has 0 bridgehead atoms. The molecule has 2 aliphatic heterocycles. The summed E-state index contributed by atoms with van der Waals surface area (Å²) in [6, 6.07) is 0.787. The molecule has 3 heteroatoms. The lowest BCUT2D eigenvalue weighted by atomic mass is 9.99. The molecule has 2 aliphatic rings.